The zero-order chi connectivity index (χ0) is 6.15. The second-order valence-corrected chi connectivity index (χ2v) is 1.86. The Kier molecular flexibility index (Phi) is 1.04. The Bertz CT molecular complexity index is 151. The van der Waals surface area contributed by atoms with Gasteiger partial charge in [0.25, 0.3) is 0 Å². The normalized spacial score (nSPS) is 27.5. The van der Waals surface area contributed by atoms with E-state index in [-0.39, 0.29) is 11.9 Å². The smallest absolute Gasteiger partial charge is 0.318 e. The Morgan fingerprint density at radius 3 is 2.50 bits per heavy atom. The summed E-state index contributed by atoms with van der Waals surface area (Å²) in [5.74, 6) is -0.377. The maximum absolute atomic E-state index is 10.4. The number of carbonyl (C=O) groups excluding carboxylic acids is 1. The molecular formula is C5H7NO2. The van der Waals surface area contributed by atoms with Crippen LogP contribution in [0.4, 0.5) is 0 Å². The van der Waals surface area contributed by atoms with Gasteiger partial charge in [0.1, 0.15) is 0 Å². The Morgan fingerprint density at radius 1 is 1.75 bits per heavy atom. The standard InChI is InChI=1S/C5H7NO2/c1-3-4(2)6-8-5(3)7/h3H,1-2H3. The van der Waals surface area contributed by atoms with E-state index in [0.29, 0.717) is 0 Å². The molecule has 1 unspecified atom stereocenters. The summed E-state index contributed by atoms with van der Waals surface area (Å²) in [6, 6.07) is 0. The third-order valence-corrected chi connectivity index (χ3v) is 1.26. The van der Waals surface area contributed by atoms with E-state index in [1.54, 1.807) is 13.8 Å². The first-order valence-corrected chi connectivity index (χ1v) is 2.47. The van der Waals surface area contributed by atoms with Crippen LogP contribution in [0.2, 0.25) is 0 Å². The molecule has 1 aliphatic heterocycles. The molecule has 1 atom stereocenters. The van der Waals surface area contributed by atoms with Crippen LogP contribution in [0.1, 0.15) is 13.8 Å². The second-order valence-electron chi connectivity index (χ2n) is 1.86. The molecule has 0 radical (unpaired) electrons. The summed E-state index contributed by atoms with van der Waals surface area (Å²) in [6.07, 6.45) is 0. The van der Waals surface area contributed by atoms with Crippen LogP contribution in [0.15, 0.2) is 5.16 Å². The van der Waals surface area contributed by atoms with E-state index in [2.05, 4.69) is 9.99 Å². The number of hydrogen-bond acceptors (Lipinski definition) is 3. The highest BCUT2D eigenvalue weighted by atomic mass is 16.7. The van der Waals surface area contributed by atoms with Crippen LogP contribution in [0.5, 0.6) is 0 Å². The van der Waals surface area contributed by atoms with Gasteiger partial charge in [0.05, 0.1) is 11.6 Å². The summed E-state index contributed by atoms with van der Waals surface area (Å²) in [7, 11) is 0. The summed E-state index contributed by atoms with van der Waals surface area (Å²) >= 11 is 0. The first-order valence-electron chi connectivity index (χ1n) is 2.47. The molecule has 44 valence electrons. The number of nitrogens with zero attached hydrogens (tertiary/aromatic N) is 1. The van der Waals surface area contributed by atoms with Gasteiger partial charge < -0.3 is 4.84 Å². The lowest BCUT2D eigenvalue weighted by atomic mass is 10.1. The van der Waals surface area contributed by atoms with Crippen LogP contribution in [0.25, 0.3) is 0 Å². The zero-order valence-corrected chi connectivity index (χ0v) is 4.84. The van der Waals surface area contributed by atoms with E-state index >= 15 is 0 Å². The van der Waals surface area contributed by atoms with Crippen molar-refractivity contribution in [3.8, 4) is 0 Å². The van der Waals surface area contributed by atoms with Crippen molar-refractivity contribution in [1.29, 1.82) is 0 Å². The molecule has 1 aliphatic rings. The van der Waals surface area contributed by atoms with Crippen molar-refractivity contribution >= 4 is 11.7 Å². The predicted molar refractivity (Wildman–Crippen MR) is 28.4 cm³/mol. The van der Waals surface area contributed by atoms with Gasteiger partial charge in [-0.3, -0.25) is 0 Å². The predicted octanol–water partition coefficient (Wildman–Crippen LogP) is 0.555. The van der Waals surface area contributed by atoms with Crippen molar-refractivity contribution in [3.05, 3.63) is 0 Å². The van der Waals surface area contributed by atoms with E-state index in [0.717, 1.165) is 5.71 Å². The van der Waals surface area contributed by atoms with Crippen molar-refractivity contribution in [2.75, 3.05) is 0 Å². The van der Waals surface area contributed by atoms with Gasteiger partial charge in [-0.2, -0.15) is 0 Å². The first kappa shape index (κ1) is 5.28. The van der Waals surface area contributed by atoms with E-state index < -0.39 is 0 Å². The largest absolute Gasteiger partial charge is 0.343 e. The minimum atomic E-state index is -0.248. The third-order valence-electron chi connectivity index (χ3n) is 1.26. The molecule has 0 spiro atoms. The fourth-order valence-electron chi connectivity index (χ4n) is 0.446. The maximum Gasteiger partial charge on any atom is 0.343 e. The minimum Gasteiger partial charge on any atom is -0.318 e. The molecule has 0 N–H and O–H groups in total. The molecule has 0 aromatic heterocycles. The molecule has 0 aliphatic carbocycles. The van der Waals surface area contributed by atoms with E-state index in [9.17, 15) is 4.79 Å². The Morgan fingerprint density at radius 2 is 2.38 bits per heavy atom. The average molecular weight is 113 g/mol. The summed E-state index contributed by atoms with van der Waals surface area (Å²) in [6.45, 7) is 3.55. The van der Waals surface area contributed by atoms with Crippen molar-refractivity contribution in [2.45, 2.75) is 13.8 Å². The van der Waals surface area contributed by atoms with Crippen LogP contribution in [-0.2, 0) is 9.63 Å². The van der Waals surface area contributed by atoms with Gasteiger partial charge in [-0.05, 0) is 13.8 Å². The lowest BCUT2D eigenvalue weighted by Crippen LogP contribution is -2.10. The SMILES string of the molecule is CC1=NOC(=O)C1C. The lowest BCUT2D eigenvalue weighted by molar-refractivity contribution is -0.142. The van der Waals surface area contributed by atoms with Crippen LogP contribution in [0.3, 0.4) is 0 Å². The summed E-state index contributed by atoms with van der Waals surface area (Å²) in [5, 5.41) is 3.47. The van der Waals surface area contributed by atoms with Gasteiger partial charge in [0.2, 0.25) is 0 Å². The minimum absolute atomic E-state index is 0.130. The zero-order valence-electron chi connectivity index (χ0n) is 4.84. The molecule has 0 saturated heterocycles. The fourth-order valence-corrected chi connectivity index (χ4v) is 0.446. The van der Waals surface area contributed by atoms with Crippen molar-refractivity contribution in [1.82, 2.24) is 0 Å². The maximum atomic E-state index is 10.4. The highest BCUT2D eigenvalue weighted by Crippen LogP contribution is 2.09. The highest BCUT2D eigenvalue weighted by Gasteiger charge is 2.23. The van der Waals surface area contributed by atoms with Crippen LogP contribution >= 0.6 is 0 Å². The number of hydrogen-bond donors (Lipinski definition) is 0. The van der Waals surface area contributed by atoms with Crippen LogP contribution in [0, 0.1) is 5.92 Å². The molecule has 0 saturated carbocycles. The molecule has 0 aromatic carbocycles. The van der Waals surface area contributed by atoms with Crippen LogP contribution < -0.4 is 0 Å². The van der Waals surface area contributed by atoms with Crippen molar-refractivity contribution in [2.24, 2.45) is 11.1 Å². The molecule has 0 amide bonds. The molecule has 1 heterocycles. The molecule has 0 fully saturated rings. The molecule has 3 nitrogen and oxygen atoms in total. The van der Waals surface area contributed by atoms with Crippen LogP contribution in [-0.4, -0.2) is 11.7 Å². The number of rotatable bonds is 0. The molecule has 1 rings (SSSR count). The fraction of sp³-hybridized carbons (Fsp3) is 0.600. The lowest BCUT2D eigenvalue weighted by Gasteiger charge is -1.90. The van der Waals surface area contributed by atoms with Crippen molar-refractivity contribution in [3.63, 3.8) is 0 Å². The Balaban J connectivity index is 2.72. The molecule has 8 heavy (non-hydrogen) atoms. The highest BCUT2D eigenvalue weighted by molar-refractivity contribution is 6.03. The van der Waals surface area contributed by atoms with Gasteiger partial charge >= 0.3 is 5.97 Å². The quantitative estimate of drug-likeness (QED) is 0.430. The van der Waals surface area contributed by atoms with E-state index in [1.165, 1.54) is 0 Å². The molecular weight excluding hydrogens is 106 g/mol. The molecule has 0 aromatic rings. The average Bonchev–Trinajstić information content (AvgIpc) is 1.98. The monoisotopic (exact) mass is 113 g/mol. The van der Waals surface area contributed by atoms with Crippen molar-refractivity contribution < 1.29 is 9.63 Å². The summed E-state index contributed by atoms with van der Waals surface area (Å²) in [5.41, 5.74) is 0.759. The van der Waals surface area contributed by atoms with Gasteiger partial charge in [-0.15, -0.1) is 0 Å². The van der Waals surface area contributed by atoms with Gasteiger partial charge in [-0.25, -0.2) is 4.79 Å². The Hall–Kier alpha value is -0.860. The molecule has 0 bridgehead atoms. The van der Waals surface area contributed by atoms with Gasteiger partial charge in [-0.1, -0.05) is 5.16 Å². The van der Waals surface area contributed by atoms with Gasteiger partial charge in [0.15, 0.2) is 0 Å². The first-order chi connectivity index (χ1) is 3.72. The Labute approximate surface area is 47.3 Å². The van der Waals surface area contributed by atoms with Gasteiger partial charge in [0, 0.05) is 0 Å². The number of carbonyl (C=O) groups is 1. The summed E-state index contributed by atoms with van der Waals surface area (Å²) in [4.78, 5) is 14.8. The summed E-state index contributed by atoms with van der Waals surface area (Å²) < 4.78 is 0. The van der Waals surface area contributed by atoms with E-state index in [4.69, 9.17) is 0 Å². The third kappa shape index (κ3) is 0.598. The molecule has 3 heteroatoms. The second kappa shape index (κ2) is 1.58. The number of oxime groups is 1. The van der Waals surface area contributed by atoms with E-state index in [1.807, 2.05) is 0 Å². The topological polar surface area (TPSA) is 38.7 Å².